The second-order valence-corrected chi connectivity index (χ2v) is 4.99. The average molecular weight is 292 g/mol. The van der Waals surface area contributed by atoms with Gasteiger partial charge in [0.1, 0.15) is 5.69 Å². The molecule has 0 saturated heterocycles. The molecule has 0 aliphatic heterocycles. The number of benzene rings is 1. The SMILES string of the molecule is CCn1cc(Cl)cc1C(=O)NCC(N)c1ccccc1. The largest absolute Gasteiger partial charge is 0.349 e. The van der Waals surface area contributed by atoms with Gasteiger partial charge in [0.2, 0.25) is 0 Å². The summed E-state index contributed by atoms with van der Waals surface area (Å²) in [5, 5.41) is 3.40. The van der Waals surface area contributed by atoms with Crippen molar-refractivity contribution in [2.75, 3.05) is 6.54 Å². The monoisotopic (exact) mass is 291 g/mol. The molecule has 0 spiro atoms. The van der Waals surface area contributed by atoms with Gasteiger partial charge in [-0.25, -0.2) is 0 Å². The van der Waals surface area contributed by atoms with Crippen LogP contribution in [0.5, 0.6) is 0 Å². The first-order valence-corrected chi connectivity index (χ1v) is 6.94. The summed E-state index contributed by atoms with van der Waals surface area (Å²) >= 11 is 5.92. The summed E-state index contributed by atoms with van der Waals surface area (Å²) in [6.45, 7) is 3.04. The van der Waals surface area contributed by atoms with Gasteiger partial charge in [0.25, 0.3) is 5.91 Å². The van der Waals surface area contributed by atoms with Crippen molar-refractivity contribution in [1.82, 2.24) is 9.88 Å². The summed E-state index contributed by atoms with van der Waals surface area (Å²) in [7, 11) is 0. The number of nitrogens with zero attached hydrogens (tertiary/aromatic N) is 1. The maximum atomic E-state index is 12.1. The lowest BCUT2D eigenvalue weighted by Crippen LogP contribution is -2.33. The number of carbonyl (C=O) groups excluding carboxylic acids is 1. The number of amides is 1. The highest BCUT2D eigenvalue weighted by Gasteiger charge is 2.13. The highest BCUT2D eigenvalue weighted by molar-refractivity contribution is 6.31. The van der Waals surface area contributed by atoms with E-state index in [1.165, 1.54) is 0 Å². The number of carbonyl (C=O) groups is 1. The zero-order valence-electron chi connectivity index (χ0n) is 11.3. The summed E-state index contributed by atoms with van der Waals surface area (Å²) in [5.41, 5.74) is 7.60. The zero-order chi connectivity index (χ0) is 14.5. The smallest absolute Gasteiger partial charge is 0.268 e. The van der Waals surface area contributed by atoms with E-state index in [-0.39, 0.29) is 11.9 Å². The molecule has 2 rings (SSSR count). The van der Waals surface area contributed by atoms with Crippen LogP contribution in [0.3, 0.4) is 0 Å². The molecule has 5 heteroatoms. The van der Waals surface area contributed by atoms with Gasteiger partial charge in [-0.3, -0.25) is 4.79 Å². The molecule has 1 amide bonds. The van der Waals surface area contributed by atoms with Crippen molar-refractivity contribution < 1.29 is 4.79 Å². The van der Waals surface area contributed by atoms with Crippen LogP contribution in [-0.4, -0.2) is 17.0 Å². The van der Waals surface area contributed by atoms with Crippen molar-refractivity contribution in [3.8, 4) is 0 Å². The Hall–Kier alpha value is -1.78. The lowest BCUT2D eigenvalue weighted by molar-refractivity contribution is 0.0942. The first-order valence-electron chi connectivity index (χ1n) is 6.56. The van der Waals surface area contributed by atoms with Gasteiger partial charge in [0.05, 0.1) is 5.02 Å². The van der Waals surface area contributed by atoms with Gasteiger partial charge in [0, 0.05) is 25.3 Å². The summed E-state index contributed by atoms with van der Waals surface area (Å²) < 4.78 is 1.81. The molecule has 1 heterocycles. The van der Waals surface area contributed by atoms with Crippen LogP contribution in [-0.2, 0) is 6.54 Å². The summed E-state index contributed by atoms with van der Waals surface area (Å²) in [6, 6.07) is 11.1. The molecule has 0 aliphatic rings. The minimum atomic E-state index is -0.222. The number of nitrogens with one attached hydrogen (secondary N) is 1. The predicted octanol–water partition coefficient (Wildman–Crippen LogP) is 2.59. The third-order valence-electron chi connectivity index (χ3n) is 3.15. The van der Waals surface area contributed by atoms with Crippen molar-refractivity contribution in [3.63, 3.8) is 0 Å². The average Bonchev–Trinajstić information content (AvgIpc) is 2.86. The third kappa shape index (κ3) is 3.40. The Labute approximate surface area is 123 Å². The standard InChI is InChI=1S/C15H18ClN3O/c1-2-19-10-12(16)8-14(19)15(20)18-9-13(17)11-6-4-3-5-7-11/h3-8,10,13H,2,9,17H2,1H3,(H,18,20). The van der Waals surface area contributed by atoms with Crippen LogP contribution >= 0.6 is 11.6 Å². The van der Waals surface area contributed by atoms with E-state index in [0.29, 0.717) is 23.8 Å². The second kappa shape index (κ2) is 6.59. The Morgan fingerprint density at radius 1 is 1.40 bits per heavy atom. The van der Waals surface area contributed by atoms with Gasteiger partial charge in [-0.15, -0.1) is 0 Å². The Morgan fingerprint density at radius 2 is 2.10 bits per heavy atom. The van der Waals surface area contributed by atoms with Crippen LogP contribution in [0.2, 0.25) is 5.02 Å². The van der Waals surface area contributed by atoms with Gasteiger partial charge in [-0.1, -0.05) is 41.9 Å². The van der Waals surface area contributed by atoms with Gasteiger partial charge < -0.3 is 15.6 Å². The molecule has 0 aliphatic carbocycles. The van der Waals surface area contributed by atoms with Crippen LogP contribution in [0.15, 0.2) is 42.6 Å². The molecule has 3 N–H and O–H groups in total. The van der Waals surface area contributed by atoms with Gasteiger partial charge in [-0.05, 0) is 18.6 Å². The lowest BCUT2D eigenvalue weighted by Gasteiger charge is -2.13. The molecule has 1 aromatic carbocycles. The normalized spacial score (nSPS) is 12.2. The summed E-state index contributed by atoms with van der Waals surface area (Å²) in [5.74, 6) is -0.162. The number of hydrogen-bond acceptors (Lipinski definition) is 2. The van der Waals surface area contributed by atoms with E-state index in [0.717, 1.165) is 5.56 Å². The van der Waals surface area contributed by atoms with E-state index in [9.17, 15) is 4.79 Å². The van der Waals surface area contributed by atoms with Gasteiger partial charge >= 0.3 is 0 Å². The Morgan fingerprint density at radius 3 is 2.75 bits per heavy atom. The van der Waals surface area contributed by atoms with Crippen molar-refractivity contribution >= 4 is 17.5 Å². The third-order valence-corrected chi connectivity index (χ3v) is 3.35. The Kier molecular flexibility index (Phi) is 4.82. The molecule has 0 fully saturated rings. The van der Waals surface area contributed by atoms with E-state index in [2.05, 4.69) is 5.32 Å². The predicted molar refractivity (Wildman–Crippen MR) is 80.8 cm³/mol. The molecule has 0 bridgehead atoms. The Bertz CT molecular complexity index is 580. The number of nitrogens with two attached hydrogens (primary N) is 1. The van der Waals surface area contributed by atoms with Crippen molar-refractivity contribution in [2.45, 2.75) is 19.5 Å². The molecule has 1 unspecified atom stereocenters. The fourth-order valence-corrected chi connectivity index (χ4v) is 2.26. The van der Waals surface area contributed by atoms with E-state index >= 15 is 0 Å². The quantitative estimate of drug-likeness (QED) is 0.889. The first-order chi connectivity index (χ1) is 9.61. The van der Waals surface area contributed by atoms with E-state index in [4.69, 9.17) is 17.3 Å². The second-order valence-electron chi connectivity index (χ2n) is 4.56. The van der Waals surface area contributed by atoms with E-state index < -0.39 is 0 Å². The maximum Gasteiger partial charge on any atom is 0.268 e. The number of halogens is 1. The minimum Gasteiger partial charge on any atom is -0.349 e. The van der Waals surface area contributed by atoms with Crippen LogP contribution in [0.1, 0.15) is 29.0 Å². The molecular formula is C15H18ClN3O. The molecule has 0 saturated carbocycles. The molecule has 2 aromatic rings. The number of aryl methyl sites for hydroxylation is 1. The molecule has 106 valence electrons. The maximum absolute atomic E-state index is 12.1. The fraction of sp³-hybridized carbons (Fsp3) is 0.267. The fourth-order valence-electron chi connectivity index (χ4n) is 2.04. The number of rotatable bonds is 5. The van der Waals surface area contributed by atoms with E-state index in [1.54, 1.807) is 12.3 Å². The molecular weight excluding hydrogens is 274 g/mol. The first kappa shape index (κ1) is 14.6. The molecule has 0 radical (unpaired) electrons. The van der Waals surface area contributed by atoms with Gasteiger partial charge in [-0.2, -0.15) is 0 Å². The van der Waals surface area contributed by atoms with E-state index in [1.807, 2.05) is 41.8 Å². The molecule has 4 nitrogen and oxygen atoms in total. The molecule has 1 aromatic heterocycles. The van der Waals surface area contributed by atoms with Crippen LogP contribution < -0.4 is 11.1 Å². The minimum absolute atomic E-state index is 0.162. The number of aromatic nitrogens is 1. The number of hydrogen-bond donors (Lipinski definition) is 2. The lowest BCUT2D eigenvalue weighted by atomic mass is 10.1. The molecule has 1 atom stereocenters. The highest BCUT2D eigenvalue weighted by Crippen LogP contribution is 2.14. The topological polar surface area (TPSA) is 60.0 Å². The van der Waals surface area contributed by atoms with Crippen molar-refractivity contribution in [3.05, 3.63) is 58.9 Å². The summed E-state index contributed by atoms with van der Waals surface area (Å²) in [4.78, 5) is 12.1. The van der Waals surface area contributed by atoms with Gasteiger partial charge in [0.15, 0.2) is 0 Å². The van der Waals surface area contributed by atoms with Crippen molar-refractivity contribution in [2.24, 2.45) is 5.73 Å². The van der Waals surface area contributed by atoms with Crippen molar-refractivity contribution in [1.29, 1.82) is 0 Å². The highest BCUT2D eigenvalue weighted by atomic mass is 35.5. The van der Waals surface area contributed by atoms with Crippen LogP contribution in [0.4, 0.5) is 0 Å². The zero-order valence-corrected chi connectivity index (χ0v) is 12.1. The molecule has 20 heavy (non-hydrogen) atoms. The Balaban J connectivity index is 1.98. The van der Waals surface area contributed by atoms with Crippen LogP contribution in [0.25, 0.3) is 0 Å². The summed E-state index contributed by atoms with van der Waals surface area (Å²) in [6.07, 6.45) is 1.74. The van der Waals surface area contributed by atoms with Crippen LogP contribution in [0, 0.1) is 0 Å².